The molecular formula is C17H23F3N4O3. The molecule has 1 aliphatic heterocycles. The van der Waals surface area contributed by atoms with Crippen LogP contribution in [0.25, 0.3) is 0 Å². The molecule has 10 heteroatoms. The molecule has 1 aromatic rings. The number of carbonyl (C=O) groups excluding carboxylic acids is 1. The van der Waals surface area contributed by atoms with Gasteiger partial charge in [-0.3, -0.25) is 4.79 Å². The first-order valence-electron chi connectivity index (χ1n) is 8.91. The van der Waals surface area contributed by atoms with E-state index in [0.29, 0.717) is 26.1 Å². The summed E-state index contributed by atoms with van der Waals surface area (Å²) in [6, 6.07) is 0.621. The second-order valence-electron chi connectivity index (χ2n) is 6.87. The van der Waals surface area contributed by atoms with Gasteiger partial charge in [0.25, 0.3) is 0 Å². The third-order valence-corrected chi connectivity index (χ3v) is 5.01. The average Bonchev–Trinajstić information content (AvgIpc) is 2.64. The van der Waals surface area contributed by atoms with Gasteiger partial charge in [-0.25, -0.2) is 9.97 Å². The Hall–Kier alpha value is -1.94. The van der Waals surface area contributed by atoms with Crippen molar-refractivity contribution in [2.75, 3.05) is 38.3 Å². The SMILES string of the molecule is COCC(=O)N[C@@H]1CCCC[C@]12CN(c1nccc(C(F)(F)F)n1)CCO2. The molecule has 0 aromatic carbocycles. The van der Waals surface area contributed by atoms with Gasteiger partial charge in [0.15, 0.2) is 0 Å². The molecule has 7 nitrogen and oxygen atoms in total. The Morgan fingerprint density at radius 1 is 1.48 bits per heavy atom. The van der Waals surface area contributed by atoms with Crippen LogP contribution in [-0.2, 0) is 20.4 Å². The van der Waals surface area contributed by atoms with E-state index in [1.807, 2.05) is 0 Å². The van der Waals surface area contributed by atoms with E-state index in [2.05, 4.69) is 15.3 Å². The zero-order chi connectivity index (χ0) is 19.5. The number of halogens is 3. The highest BCUT2D eigenvalue weighted by molar-refractivity contribution is 5.77. The van der Waals surface area contributed by atoms with Crippen LogP contribution in [0.5, 0.6) is 0 Å². The molecule has 1 aromatic heterocycles. The van der Waals surface area contributed by atoms with E-state index in [9.17, 15) is 18.0 Å². The lowest BCUT2D eigenvalue weighted by Crippen LogP contribution is -2.64. The molecule has 2 atom stereocenters. The summed E-state index contributed by atoms with van der Waals surface area (Å²) in [5.41, 5.74) is -1.64. The van der Waals surface area contributed by atoms with E-state index in [1.54, 1.807) is 4.90 Å². The first-order valence-corrected chi connectivity index (χ1v) is 8.91. The summed E-state index contributed by atoms with van der Waals surface area (Å²) in [6.07, 6.45) is -0.0840. The van der Waals surface area contributed by atoms with E-state index in [-0.39, 0.29) is 24.5 Å². The summed E-state index contributed by atoms with van der Waals surface area (Å²) >= 11 is 0. The van der Waals surface area contributed by atoms with Crippen molar-refractivity contribution in [1.29, 1.82) is 0 Å². The summed E-state index contributed by atoms with van der Waals surface area (Å²) in [5.74, 6) is -0.208. The number of nitrogens with zero attached hydrogens (tertiary/aromatic N) is 3. The molecule has 2 heterocycles. The molecule has 1 saturated heterocycles. The Labute approximate surface area is 155 Å². The zero-order valence-corrected chi connectivity index (χ0v) is 15.1. The lowest BCUT2D eigenvalue weighted by molar-refractivity contribution is -0.141. The van der Waals surface area contributed by atoms with Gasteiger partial charge in [-0.15, -0.1) is 0 Å². The van der Waals surface area contributed by atoms with Crippen molar-refractivity contribution in [2.45, 2.75) is 43.5 Å². The third kappa shape index (κ3) is 4.49. The summed E-state index contributed by atoms with van der Waals surface area (Å²) in [6.45, 7) is 0.997. The zero-order valence-electron chi connectivity index (χ0n) is 15.1. The van der Waals surface area contributed by atoms with Gasteiger partial charge in [0.1, 0.15) is 17.9 Å². The molecule has 2 aliphatic rings. The van der Waals surface area contributed by atoms with E-state index >= 15 is 0 Å². The molecule has 2 fully saturated rings. The van der Waals surface area contributed by atoms with Gasteiger partial charge in [0, 0.05) is 19.9 Å². The van der Waals surface area contributed by atoms with Gasteiger partial charge in [-0.05, 0) is 18.9 Å². The number of anilines is 1. The van der Waals surface area contributed by atoms with Crippen LogP contribution in [0.1, 0.15) is 31.4 Å². The fraction of sp³-hybridized carbons (Fsp3) is 0.706. The number of ether oxygens (including phenoxy) is 2. The van der Waals surface area contributed by atoms with Crippen LogP contribution in [0.3, 0.4) is 0 Å². The molecule has 3 rings (SSSR count). The van der Waals surface area contributed by atoms with Gasteiger partial charge >= 0.3 is 6.18 Å². The molecule has 0 bridgehead atoms. The molecule has 150 valence electrons. The number of morpholine rings is 1. The Morgan fingerprint density at radius 2 is 2.30 bits per heavy atom. The minimum Gasteiger partial charge on any atom is -0.375 e. The van der Waals surface area contributed by atoms with Crippen molar-refractivity contribution in [3.8, 4) is 0 Å². The number of methoxy groups -OCH3 is 1. The Bertz CT molecular complexity index is 669. The molecule has 1 saturated carbocycles. The number of aromatic nitrogens is 2. The highest BCUT2D eigenvalue weighted by Gasteiger charge is 2.46. The topological polar surface area (TPSA) is 76.6 Å². The summed E-state index contributed by atoms with van der Waals surface area (Å²) in [4.78, 5) is 21.4. The van der Waals surface area contributed by atoms with E-state index < -0.39 is 17.5 Å². The quantitative estimate of drug-likeness (QED) is 0.847. The smallest absolute Gasteiger partial charge is 0.375 e. The van der Waals surface area contributed by atoms with Gasteiger partial charge < -0.3 is 19.7 Å². The number of rotatable bonds is 4. The van der Waals surface area contributed by atoms with Crippen LogP contribution in [-0.4, -0.2) is 60.9 Å². The van der Waals surface area contributed by atoms with Crippen molar-refractivity contribution >= 4 is 11.9 Å². The van der Waals surface area contributed by atoms with E-state index in [0.717, 1.165) is 31.5 Å². The van der Waals surface area contributed by atoms with Gasteiger partial charge in [-0.2, -0.15) is 13.2 Å². The molecule has 0 radical (unpaired) electrons. The van der Waals surface area contributed by atoms with Gasteiger partial charge in [0.2, 0.25) is 11.9 Å². The van der Waals surface area contributed by atoms with Crippen LogP contribution >= 0.6 is 0 Å². The largest absolute Gasteiger partial charge is 0.433 e. The van der Waals surface area contributed by atoms with Crippen molar-refractivity contribution < 1.29 is 27.4 Å². The molecular weight excluding hydrogens is 365 g/mol. The number of hydrogen-bond donors (Lipinski definition) is 1. The second-order valence-corrected chi connectivity index (χ2v) is 6.87. The molecule has 1 aliphatic carbocycles. The maximum Gasteiger partial charge on any atom is 0.433 e. The van der Waals surface area contributed by atoms with Crippen LogP contribution < -0.4 is 10.2 Å². The summed E-state index contributed by atoms with van der Waals surface area (Å²) in [7, 11) is 1.44. The van der Waals surface area contributed by atoms with Crippen LogP contribution in [0, 0.1) is 0 Å². The van der Waals surface area contributed by atoms with Crippen molar-refractivity contribution in [3.05, 3.63) is 18.0 Å². The number of hydrogen-bond acceptors (Lipinski definition) is 6. The molecule has 1 amide bonds. The maximum absolute atomic E-state index is 13.0. The Kier molecular flexibility index (Phi) is 5.85. The average molecular weight is 388 g/mol. The van der Waals surface area contributed by atoms with Crippen molar-refractivity contribution in [3.63, 3.8) is 0 Å². The lowest BCUT2D eigenvalue weighted by Gasteiger charge is -2.49. The monoisotopic (exact) mass is 388 g/mol. The highest BCUT2D eigenvalue weighted by atomic mass is 19.4. The third-order valence-electron chi connectivity index (χ3n) is 5.01. The minimum absolute atomic E-state index is 0.0278. The number of carbonyl (C=O) groups is 1. The fourth-order valence-corrected chi connectivity index (χ4v) is 3.78. The number of amides is 1. The standard InChI is InChI=1S/C17H23F3N4O3/c1-26-10-14(25)22-12-4-2-3-6-16(12)11-24(8-9-27-16)15-21-7-5-13(23-15)17(18,19)20/h5,7,12H,2-4,6,8-11H2,1H3,(H,22,25)/t12-,16+/m1/s1. The lowest BCUT2D eigenvalue weighted by atomic mass is 9.79. The number of alkyl halides is 3. The maximum atomic E-state index is 13.0. The van der Waals surface area contributed by atoms with Crippen molar-refractivity contribution in [2.24, 2.45) is 0 Å². The molecule has 1 N–H and O–H groups in total. The summed E-state index contributed by atoms with van der Waals surface area (Å²) in [5, 5.41) is 2.95. The number of nitrogens with one attached hydrogen (secondary N) is 1. The normalized spacial score (nSPS) is 26.2. The van der Waals surface area contributed by atoms with Crippen molar-refractivity contribution in [1.82, 2.24) is 15.3 Å². The molecule has 27 heavy (non-hydrogen) atoms. The Balaban J connectivity index is 1.80. The van der Waals surface area contributed by atoms with Crippen LogP contribution in [0.2, 0.25) is 0 Å². The first kappa shape index (κ1) is 19.8. The van der Waals surface area contributed by atoms with E-state index in [4.69, 9.17) is 9.47 Å². The summed E-state index contributed by atoms with van der Waals surface area (Å²) < 4.78 is 49.8. The van der Waals surface area contributed by atoms with Crippen LogP contribution in [0.4, 0.5) is 19.1 Å². The van der Waals surface area contributed by atoms with Gasteiger partial charge in [-0.1, -0.05) is 12.8 Å². The second kappa shape index (κ2) is 7.97. The predicted molar refractivity (Wildman–Crippen MR) is 90.2 cm³/mol. The first-order chi connectivity index (χ1) is 12.8. The van der Waals surface area contributed by atoms with Gasteiger partial charge in [0.05, 0.1) is 19.2 Å². The molecule has 1 spiro atoms. The highest BCUT2D eigenvalue weighted by Crippen LogP contribution is 2.36. The minimum atomic E-state index is -4.52. The van der Waals surface area contributed by atoms with E-state index in [1.165, 1.54) is 7.11 Å². The fourth-order valence-electron chi connectivity index (χ4n) is 3.78. The molecule has 0 unspecified atom stereocenters. The Morgan fingerprint density at radius 3 is 3.04 bits per heavy atom. The van der Waals surface area contributed by atoms with Crippen LogP contribution in [0.15, 0.2) is 12.3 Å². The predicted octanol–water partition coefficient (Wildman–Crippen LogP) is 1.78.